The molecule has 78 valence electrons. The Labute approximate surface area is 87.6 Å². The van der Waals surface area contributed by atoms with Crippen molar-refractivity contribution in [2.45, 2.75) is 52.9 Å². The van der Waals surface area contributed by atoms with Crippen molar-refractivity contribution in [2.24, 2.45) is 0 Å². The molecule has 1 nitrogen and oxygen atoms in total. The molecule has 0 amide bonds. The van der Waals surface area contributed by atoms with Crippen molar-refractivity contribution in [2.75, 3.05) is 0 Å². The molecule has 0 aliphatic heterocycles. The van der Waals surface area contributed by atoms with Crippen molar-refractivity contribution in [3.8, 4) is 0 Å². The van der Waals surface area contributed by atoms with Gasteiger partial charge in [-0.3, -0.25) is 4.98 Å². The van der Waals surface area contributed by atoms with Crippen molar-refractivity contribution in [1.29, 1.82) is 0 Å². The van der Waals surface area contributed by atoms with Gasteiger partial charge in [0, 0.05) is 11.4 Å². The maximum atomic E-state index is 4.67. The largest absolute Gasteiger partial charge is 0.258 e. The molecule has 0 N–H and O–H groups in total. The highest BCUT2D eigenvalue weighted by molar-refractivity contribution is 5.26. The van der Waals surface area contributed by atoms with E-state index in [9.17, 15) is 0 Å². The highest BCUT2D eigenvalue weighted by Crippen LogP contribution is 2.22. The zero-order valence-electron chi connectivity index (χ0n) is 9.96. The molecule has 0 aliphatic rings. The molecular formula is C13H21N. The highest BCUT2D eigenvalue weighted by Gasteiger charge is 2.08. The van der Waals surface area contributed by atoms with Crippen LogP contribution in [0.3, 0.4) is 0 Å². The Balaban J connectivity index is 3.00. The van der Waals surface area contributed by atoms with Crippen molar-refractivity contribution in [3.05, 3.63) is 29.1 Å². The predicted octanol–water partition coefficient (Wildman–Crippen LogP) is 4.03. The van der Waals surface area contributed by atoms with Crippen LogP contribution in [-0.4, -0.2) is 4.98 Å². The lowest BCUT2D eigenvalue weighted by molar-refractivity contribution is 0.699. The maximum Gasteiger partial charge on any atom is 0.0435 e. The molecule has 1 aromatic heterocycles. The molecule has 1 rings (SSSR count). The summed E-state index contributed by atoms with van der Waals surface area (Å²) in [4.78, 5) is 4.67. The second-order valence-corrected chi connectivity index (χ2v) is 4.37. The average molecular weight is 191 g/mol. The van der Waals surface area contributed by atoms with Crippen LogP contribution in [0.2, 0.25) is 0 Å². The minimum absolute atomic E-state index is 0.577. The molecular weight excluding hydrogens is 170 g/mol. The average Bonchev–Trinajstić information content (AvgIpc) is 2.15. The smallest absolute Gasteiger partial charge is 0.0435 e. The van der Waals surface area contributed by atoms with Crippen LogP contribution in [0.5, 0.6) is 0 Å². The number of hydrogen-bond acceptors (Lipinski definition) is 1. The van der Waals surface area contributed by atoms with Gasteiger partial charge in [0.05, 0.1) is 0 Å². The summed E-state index contributed by atoms with van der Waals surface area (Å²) < 4.78 is 0. The van der Waals surface area contributed by atoms with Crippen molar-refractivity contribution in [1.82, 2.24) is 4.98 Å². The predicted molar refractivity (Wildman–Crippen MR) is 61.8 cm³/mol. The molecule has 1 heterocycles. The van der Waals surface area contributed by atoms with Gasteiger partial charge in [-0.05, 0) is 36.8 Å². The lowest BCUT2D eigenvalue weighted by Gasteiger charge is -2.13. The molecule has 0 bridgehead atoms. The standard InChI is InChI=1S/C13H21N/c1-6-10(4)13-8-7-12(9(2)3)11(5)14-13/h7-10H,6H2,1-5H3. The normalized spacial score (nSPS) is 13.3. The quantitative estimate of drug-likeness (QED) is 0.703. The summed E-state index contributed by atoms with van der Waals surface area (Å²) in [6.45, 7) is 11.0. The first-order valence-corrected chi connectivity index (χ1v) is 5.53. The Hall–Kier alpha value is -0.850. The topological polar surface area (TPSA) is 12.9 Å². The van der Waals surface area contributed by atoms with Crippen LogP contribution in [-0.2, 0) is 0 Å². The highest BCUT2D eigenvalue weighted by atomic mass is 14.7. The Bertz CT molecular complexity index is 302. The molecule has 0 aliphatic carbocycles. The van der Waals surface area contributed by atoms with Gasteiger partial charge >= 0.3 is 0 Å². The first-order valence-electron chi connectivity index (χ1n) is 5.53. The Kier molecular flexibility index (Phi) is 3.68. The van der Waals surface area contributed by atoms with Crippen molar-refractivity contribution in [3.63, 3.8) is 0 Å². The molecule has 0 spiro atoms. The molecule has 1 atom stereocenters. The van der Waals surface area contributed by atoms with Gasteiger partial charge in [-0.2, -0.15) is 0 Å². The Morgan fingerprint density at radius 1 is 1.21 bits per heavy atom. The fourth-order valence-electron chi connectivity index (χ4n) is 1.69. The fraction of sp³-hybridized carbons (Fsp3) is 0.615. The van der Waals surface area contributed by atoms with Gasteiger partial charge in [0.15, 0.2) is 0 Å². The van der Waals surface area contributed by atoms with E-state index < -0.39 is 0 Å². The number of nitrogens with zero attached hydrogens (tertiary/aromatic N) is 1. The number of aromatic nitrogens is 1. The summed E-state index contributed by atoms with van der Waals surface area (Å²) in [6, 6.07) is 4.41. The van der Waals surface area contributed by atoms with Crippen LogP contribution >= 0.6 is 0 Å². The van der Waals surface area contributed by atoms with E-state index in [0.29, 0.717) is 11.8 Å². The number of pyridine rings is 1. The lowest BCUT2D eigenvalue weighted by atomic mass is 9.98. The van der Waals surface area contributed by atoms with E-state index in [4.69, 9.17) is 0 Å². The summed E-state index contributed by atoms with van der Waals surface area (Å²) in [5.41, 5.74) is 3.80. The third-order valence-corrected chi connectivity index (χ3v) is 2.89. The first kappa shape index (κ1) is 11.2. The third kappa shape index (κ3) is 2.34. The zero-order chi connectivity index (χ0) is 10.7. The fourth-order valence-corrected chi connectivity index (χ4v) is 1.69. The summed E-state index contributed by atoms with van der Waals surface area (Å²) >= 11 is 0. The van der Waals surface area contributed by atoms with E-state index >= 15 is 0 Å². The van der Waals surface area contributed by atoms with E-state index in [-0.39, 0.29) is 0 Å². The molecule has 0 aromatic carbocycles. The monoisotopic (exact) mass is 191 g/mol. The molecule has 1 heteroatoms. The minimum atomic E-state index is 0.577. The summed E-state index contributed by atoms with van der Waals surface area (Å²) in [5, 5.41) is 0. The lowest BCUT2D eigenvalue weighted by Crippen LogP contribution is -2.01. The third-order valence-electron chi connectivity index (χ3n) is 2.89. The van der Waals surface area contributed by atoms with Crippen LogP contribution < -0.4 is 0 Å². The number of aryl methyl sites for hydroxylation is 1. The molecule has 14 heavy (non-hydrogen) atoms. The number of rotatable bonds is 3. The molecule has 0 saturated carbocycles. The van der Waals surface area contributed by atoms with Crippen LogP contribution in [0.1, 0.15) is 62.9 Å². The van der Waals surface area contributed by atoms with Gasteiger partial charge < -0.3 is 0 Å². The van der Waals surface area contributed by atoms with E-state index in [1.807, 2.05) is 0 Å². The SMILES string of the molecule is CCC(C)c1ccc(C(C)C)c(C)n1. The van der Waals surface area contributed by atoms with E-state index in [2.05, 4.69) is 51.7 Å². The Morgan fingerprint density at radius 3 is 2.29 bits per heavy atom. The van der Waals surface area contributed by atoms with Gasteiger partial charge in [-0.15, -0.1) is 0 Å². The van der Waals surface area contributed by atoms with Crippen LogP contribution in [0.15, 0.2) is 12.1 Å². The van der Waals surface area contributed by atoms with Gasteiger partial charge in [0.1, 0.15) is 0 Å². The van der Waals surface area contributed by atoms with Crippen molar-refractivity contribution >= 4 is 0 Å². The van der Waals surface area contributed by atoms with Gasteiger partial charge in [0.2, 0.25) is 0 Å². The second kappa shape index (κ2) is 4.59. The number of hydrogen-bond donors (Lipinski definition) is 0. The maximum absolute atomic E-state index is 4.67. The molecule has 0 fully saturated rings. The summed E-state index contributed by atoms with van der Waals surface area (Å²) in [6.07, 6.45) is 1.16. The zero-order valence-corrected chi connectivity index (χ0v) is 9.96. The van der Waals surface area contributed by atoms with E-state index in [0.717, 1.165) is 6.42 Å². The molecule has 0 saturated heterocycles. The van der Waals surface area contributed by atoms with Crippen molar-refractivity contribution < 1.29 is 0 Å². The molecule has 1 aromatic rings. The summed E-state index contributed by atoms with van der Waals surface area (Å²) in [5.74, 6) is 1.16. The van der Waals surface area contributed by atoms with Crippen LogP contribution in [0.25, 0.3) is 0 Å². The van der Waals surface area contributed by atoms with Gasteiger partial charge in [0.25, 0.3) is 0 Å². The molecule has 1 unspecified atom stereocenters. The summed E-state index contributed by atoms with van der Waals surface area (Å²) in [7, 11) is 0. The van der Waals surface area contributed by atoms with Gasteiger partial charge in [-0.25, -0.2) is 0 Å². The molecule has 0 radical (unpaired) electrons. The first-order chi connectivity index (χ1) is 6.56. The van der Waals surface area contributed by atoms with E-state index in [1.54, 1.807) is 0 Å². The minimum Gasteiger partial charge on any atom is -0.258 e. The Morgan fingerprint density at radius 2 is 1.86 bits per heavy atom. The van der Waals surface area contributed by atoms with Crippen LogP contribution in [0.4, 0.5) is 0 Å². The van der Waals surface area contributed by atoms with Gasteiger partial charge in [-0.1, -0.05) is 33.8 Å². The van der Waals surface area contributed by atoms with E-state index in [1.165, 1.54) is 17.0 Å². The second-order valence-electron chi connectivity index (χ2n) is 4.37. The van der Waals surface area contributed by atoms with Crippen LogP contribution in [0, 0.1) is 6.92 Å².